The first-order chi connectivity index (χ1) is 14.5. The number of benzene rings is 2. The number of pyridine rings is 1. The summed E-state index contributed by atoms with van der Waals surface area (Å²) < 4.78 is 5.44. The topological polar surface area (TPSA) is 79.7 Å². The molecule has 2 aromatic carbocycles. The Morgan fingerprint density at radius 3 is 2.47 bits per heavy atom. The highest BCUT2D eigenvalue weighted by atomic mass is 16.5. The van der Waals surface area contributed by atoms with Crippen molar-refractivity contribution in [3.63, 3.8) is 0 Å². The van der Waals surface area contributed by atoms with Crippen molar-refractivity contribution in [1.29, 1.82) is 0 Å². The predicted octanol–water partition coefficient (Wildman–Crippen LogP) is 4.02. The van der Waals surface area contributed by atoms with Crippen LogP contribution in [0.4, 0.5) is 5.69 Å². The van der Waals surface area contributed by atoms with E-state index in [2.05, 4.69) is 4.98 Å². The van der Waals surface area contributed by atoms with Gasteiger partial charge in [0.05, 0.1) is 24.4 Å². The second kappa shape index (κ2) is 7.83. The molecule has 0 aliphatic carbocycles. The van der Waals surface area contributed by atoms with Gasteiger partial charge in [0.25, 0.3) is 11.7 Å². The fourth-order valence-electron chi connectivity index (χ4n) is 3.73. The lowest BCUT2D eigenvalue weighted by Gasteiger charge is -2.27. The molecule has 1 aliphatic heterocycles. The second-order valence-electron chi connectivity index (χ2n) is 6.99. The summed E-state index contributed by atoms with van der Waals surface area (Å²) in [4.78, 5) is 31.6. The van der Waals surface area contributed by atoms with Crippen LogP contribution in [0.1, 0.15) is 22.7 Å². The first kappa shape index (κ1) is 19.4. The average molecular weight is 400 g/mol. The summed E-state index contributed by atoms with van der Waals surface area (Å²) in [7, 11) is 1.51. The molecule has 1 aromatic heterocycles. The summed E-state index contributed by atoms with van der Waals surface area (Å²) >= 11 is 0. The number of para-hydroxylation sites is 2. The molecule has 1 aliphatic rings. The molecule has 1 atom stereocenters. The molecule has 0 bridgehead atoms. The molecular formula is C24H20N2O4. The fraction of sp³-hybridized carbons (Fsp3) is 0.125. The maximum atomic E-state index is 13.2. The van der Waals surface area contributed by atoms with Gasteiger partial charge < -0.3 is 9.84 Å². The molecule has 6 heteroatoms. The van der Waals surface area contributed by atoms with E-state index in [1.165, 1.54) is 24.4 Å². The standard InChI is InChI=1S/C24H20N2O4/c1-15-6-5-7-17(14-15)21-20(22(27)16-10-12-25-13-11-16)23(28)24(29)26(21)18-8-3-4-9-19(18)30-2/h3-14,21,27H,1-2H3/b22-20-. The number of carbonyl (C=O) groups is 2. The van der Waals surface area contributed by atoms with Crippen molar-refractivity contribution in [1.82, 2.24) is 4.98 Å². The van der Waals surface area contributed by atoms with E-state index in [1.54, 1.807) is 36.4 Å². The Hall–Kier alpha value is -3.93. The summed E-state index contributed by atoms with van der Waals surface area (Å²) in [5.41, 5.74) is 2.60. The molecule has 6 nitrogen and oxygen atoms in total. The lowest BCUT2D eigenvalue weighted by atomic mass is 9.94. The third kappa shape index (κ3) is 3.22. The van der Waals surface area contributed by atoms with Gasteiger partial charge in [-0.3, -0.25) is 19.5 Å². The van der Waals surface area contributed by atoms with Gasteiger partial charge in [0, 0.05) is 18.0 Å². The maximum absolute atomic E-state index is 13.2. The van der Waals surface area contributed by atoms with E-state index in [1.807, 2.05) is 31.2 Å². The van der Waals surface area contributed by atoms with Crippen molar-refractivity contribution in [3.8, 4) is 5.75 Å². The number of ether oxygens (including phenoxy) is 1. The Morgan fingerprint density at radius 2 is 1.77 bits per heavy atom. The number of aliphatic hydroxyl groups is 1. The van der Waals surface area contributed by atoms with Crippen LogP contribution in [0.3, 0.4) is 0 Å². The Kier molecular flexibility index (Phi) is 5.06. The largest absolute Gasteiger partial charge is 0.507 e. The molecule has 3 aromatic rings. The third-order valence-corrected chi connectivity index (χ3v) is 5.10. The number of methoxy groups -OCH3 is 1. The van der Waals surface area contributed by atoms with E-state index in [9.17, 15) is 14.7 Å². The van der Waals surface area contributed by atoms with Crippen molar-refractivity contribution in [2.24, 2.45) is 0 Å². The van der Waals surface area contributed by atoms with Crippen LogP contribution in [0, 0.1) is 6.92 Å². The summed E-state index contributed by atoms with van der Waals surface area (Å²) in [5, 5.41) is 11.0. The molecule has 1 fully saturated rings. The number of ketones is 1. The van der Waals surface area contributed by atoms with E-state index in [4.69, 9.17) is 4.74 Å². The predicted molar refractivity (Wildman–Crippen MR) is 113 cm³/mol. The van der Waals surface area contributed by atoms with Crippen LogP contribution in [0.2, 0.25) is 0 Å². The molecule has 0 radical (unpaired) electrons. The minimum atomic E-state index is -0.797. The number of hydrogen-bond acceptors (Lipinski definition) is 5. The van der Waals surface area contributed by atoms with Gasteiger partial charge in [0.15, 0.2) is 0 Å². The van der Waals surface area contributed by atoms with Gasteiger partial charge in [-0.1, -0.05) is 42.0 Å². The molecule has 1 N–H and O–H groups in total. The van der Waals surface area contributed by atoms with Crippen molar-refractivity contribution in [2.45, 2.75) is 13.0 Å². The number of nitrogens with zero attached hydrogens (tertiary/aromatic N) is 2. The van der Waals surface area contributed by atoms with Crippen molar-refractivity contribution >= 4 is 23.1 Å². The van der Waals surface area contributed by atoms with Gasteiger partial charge in [-0.2, -0.15) is 0 Å². The van der Waals surface area contributed by atoms with Gasteiger partial charge in [-0.25, -0.2) is 0 Å². The summed E-state index contributed by atoms with van der Waals surface area (Å²) in [6.07, 6.45) is 3.04. The van der Waals surface area contributed by atoms with Crippen LogP contribution in [-0.4, -0.2) is 28.9 Å². The van der Waals surface area contributed by atoms with Crippen LogP contribution in [0.15, 0.2) is 78.6 Å². The van der Waals surface area contributed by atoms with Crippen LogP contribution >= 0.6 is 0 Å². The highest BCUT2D eigenvalue weighted by Gasteiger charge is 2.47. The minimum absolute atomic E-state index is 0.0303. The number of anilines is 1. The maximum Gasteiger partial charge on any atom is 0.300 e. The lowest BCUT2D eigenvalue weighted by Crippen LogP contribution is -2.29. The highest BCUT2D eigenvalue weighted by molar-refractivity contribution is 6.51. The Balaban J connectivity index is 1.99. The van der Waals surface area contributed by atoms with E-state index in [0.717, 1.165) is 11.1 Å². The van der Waals surface area contributed by atoms with Crippen LogP contribution in [0.25, 0.3) is 5.76 Å². The van der Waals surface area contributed by atoms with Crippen LogP contribution in [0.5, 0.6) is 5.75 Å². The molecule has 1 amide bonds. The van der Waals surface area contributed by atoms with Gasteiger partial charge in [-0.15, -0.1) is 0 Å². The summed E-state index contributed by atoms with van der Waals surface area (Å²) in [6.45, 7) is 1.93. The van der Waals surface area contributed by atoms with E-state index >= 15 is 0 Å². The number of rotatable bonds is 4. The monoisotopic (exact) mass is 400 g/mol. The van der Waals surface area contributed by atoms with E-state index in [-0.39, 0.29) is 11.3 Å². The zero-order chi connectivity index (χ0) is 21.3. The second-order valence-corrected chi connectivity index (χ2v) is 6.99. The molecule has 4 rings (SSSR count). The Labute approximate surface area is 174 Å². The number of carbonyl (C=O) groups excluding carboxylic acids is 2. The number of hydrogen-bond donors (Lipinski definition) is 1. The number of aliphatic hydroxyl groups excluding tert-OH is 1. The number of amides is 1. The molecule has 0 saturated carbocycles. The average Bonchev–Trinajstić information content (AvgIpc) is 3.04. The van der Waals surface area contributed by atoms with Gasteiger partial charge in [0.1, 0.15) is 11.5 Å². The molecule has 0 spiro atoms. The molecule has 1 saturated heterocycles. The third-order valence-electron chi connectivity index (χ3n) is 5.10. The zero-order valence-corrected chi connectivity index (χ0v) is 16.6. The number of aromatic nitrogens is 1. The highest BCUT2D eigenvalue weighted by Crippen LogP contribution is 2.44. The first-order valence-corrected chi connectivity index (χ1v) is 9.44. The van der Waals surface area contributed by atoms with E-state index < -0.39 is 17.7 Å². The molecule has 150 valence electrons. The van der Waals surface area contributed by atoms with Crippen LogP contribution in [-0.2, 0) is 9.59 Å². The first-order valence-electron chi connectivity index (χ1n) is 9.44. The van der Waals surface area contributed by atoms with Gasteiger partial charge >= 0.3 is 0 Å². The smallest absolute Gasteiger partial charge is 0.300 e. The Bertz CT molecular complexity index is 1150. The number of Topliss-reactive ketones (excluding diaryl/α,β-unsaturated/α-hetero) is 1. The van der Waals surface area contributed by atoms with Crippen LogP contribution < -0.4 is 9.64 Å². The van der Waals surface area contributed by atoms with Crippen molar-refractivity contribution < 1.29 is 19.4 Å². The molecule has 1 unspecified atom stereocenters. The molecule has 2 heterocycles. The Morgan fingerprint density at radius 1 is 1.03 bits per heavy atom. The summed E-state index contributed by atoms with van der Waals surface area (Å²) in [6, 6.07) is 16.9. The van der Waals surface area contributed by atoms with Crippen molar-refractivity contribution in [2.75, 3.05) is 12.0 Å². The van der Waals surface area contributed by atoms with Crippen molar-refractivity contribution in [3.05, 3.63) is 95.3 Å². The normalized spacial score (nSPS) is 17.9. The lowest BCUT2D eigenvalue weighted by molar-refractivity contribution is -0.132. The molecule has 30 heavy (non-hydrogen) atoms. The zero-order valence-electron chi connectivity index (χ0n) is 16.6. The minimum Gasteiger partial charge on any atom is -0.507 e. The SMILES string of the molecule is COc1ccccc1N1C(=O)C(=O)/C(=C(\O)c2ccncc2)C1c1cccc(C)c1. The van der Waals surface area contributed by atoms with Gasteiger partial charge in [0.2, 0.25) is 0 Å². The quantitative estimate of drug-likeness (QED) is 0.406. The fourth-order valence-corrected chi connectivity index (χ4v) is 3.73. The number of aryl methyl sites for hydroxylation is 1. The molecular weight excluding hydrogens is 380 g/mol. The van der Waals surface area contributed by atoms with Gasteiger partial charge in [-0.05, 0) is 36.8 Å². The van der Waals surface area contributed by atoms with E-state index in [0.29, 0.717) is 17.0 Å². The summed E-state index contributed by atoms with van der Waals surface area (Å²) in [5.74, 6) is -1.25.